The highest BCUT2D eigenvalue weighted by Crippen LogP contribution is 2.27. The van der Waals surface area contributed by atoms with Crippen molar-refractivity contribution in [3.63, 3.8) is 0 Å². The third-order valence-electron chi connectivity index (χ3n) is 4.12. The molecule has 2 aromatic rings. The summed E-state index contributed by atoms with van der Waals surface area (Å²) >= 11 is 0. The molecule has 118 valence electrons. The van der Waals surface area contributed by atoms with Gasteiger partial charge in [0, 0.05) is 12.5 Å². The molecule has 0 amide bonds. The number of methoxy groups -OCH3 is 1. The Morgan fingerprint density at radius 3 is 2.77 bits per heavy atom. The second kappa shape index (κ2) is 6.31. The number of aromatic amines is 1. The highest BCUT2D eigenvalue weighted by Gasteiger charge is 2.23. The topological polar surface area (TPSA) is 80.1 Å². The number of rotatable bonds is 4. The number of nitrogens with zero attached hydrogens (tertiary/aromatic N) is 3. The zero-order chi connectivity index (χ0) is 15.5. The number of nitrogen functional groups attached to an aromatic ring is 1. The van der Waals surface area contributed by atoms with Gasteiger partial charge in [-0.1, -0.05) is 6.07 Å². The lowest BCUT2D eigenvalue weighted by Gasteiger charge is -2.30. The summed E-state index contributed by atoms with van der Waals surface area (Å²) in [4.78, 5) is 6.52. The van der Waals surface area contributed by atoms with Crippen LogP contribution in [0, 0.1) is 5.82 Å². The molecule has 2 heterocycles. The minimum Gasteiger partial charge on any atom is -0.494 e. The van der Waals surface area contributed by atoms with Gasteiger partial charge >= 0.3 is 0 Å². The molecule has 0 saturated carbocycles. The zero-order valence-corrected chi connectivity index (χ0v) is 12.6. The minimum absolute atomic E-state index is 0.283. The summed E-state index contributed by atoms with van der Waals surface area (Å²) in [5, 5.41) is 6.77. The number of hydrogen-bond acceptors (Lipinski definition) is 5. The molecule has 0 aliphatic carbocycles. The number of anilines is 1. The SMILES string of the molecule is COc1ccc(CN2CCC(c3nc(N)n[nH]3)CC2)cc1F. The summed E-state index contributed by atoms with van der Waals surface area (Å²) in [6.45, 7) is 2.63. The first-order valence-electron chi connectivity index (χ1n) is 7.38. The number of halogens is 1. The molecule has 6 nitrogen and oxygen atoms in total. The molecule has 7 heteroatoms. The third-order valence-corrected chi connectivity index (χ3v) is 4.12. The predicted molar refractivity (Wildman–Crippen MR) is 81.0 cm³/mol. The highest BCUT2D eigenvalue weighted by atomic mass is 19.1. The van der Waals surface area contributed by atoms with Crippen molar-refractivity contribution in [1.29, 1.82) is 0 Å². The van der Waals surface area contributed by atoms with Crippen LogP contribution in [0.1, 0.15) is 30.1 Å². The van der Waals surface area contributed by atoms with E-state index in [2.05, 4.69) is 20.1 Å². The van der Waals surface area contributed by atoms with Crippen LogP contribution >= 0.6 is 0 Å². The van der Waals surface area contributed by atoms with Gasteiger partial charge in [-0.3, -0.25) is 10.00 Å². The molecule has 0 bridgehead atoms. The molecule has 0 radical (unpaired) electrons. The molecule has 3 N–H and O–H groups in total. The van der Waals surface area contributed by atoms with Crippen molar-refractivity contribution in [1.82, 2.24) is 20.1 Å². The normalized spacial score (nSPS) is 16.8. The van der Waals surface area contributed by atoms with Crippen molar-refractivity contribution in [2.75, 3.05) is 25.9 Å². The Morgan fingerprint density at radius 1 is 1.41 bits per heavy atom. The van der Waals surface area contributed by atoms with E-state index < -0.39 is 0 Å². The maximum atomic E-state index is 13.7. The van der Waals surface area contributed by atoms with Gasteiger partial charge in [-0.15, -0.1) is 5.10 Å². The summed E-state index contributed by atoms with van der Waals surface area (Å²) in [6.07, 6.45) is 1.99. The summed E-state index contributed by atoms with van der Waals surface area (Å²) in [5.41, 5.74) is 6.50. The average molecular weight is 305 g/mol. The molecule has 1 saturated heterocycles. The van der Waals surface area contributed by atoms with Gasteiger partial charge in [-0.05, 0) is 43.6 Å². The number of hydrogen-bond donors (Lipinski definition) is 2. The number of likely N-dealkylation sites (tertiary alicyclic amines) is 1. The number of piperidine rings is 1. The molecule has 0 spiro atoms. The van der Waals surface area contributed by atoms with Crippen LogP contribution in [0.4, 0.5) is 10.3 Å². The number of nitrogens with two attached hydrogens (primary N) is 1. The molecule has 3 rings (SSSR count). The van der Waals surface area contributed by atoms with E-state index in [9.17, 15) is 4.39 Å². The van der Waals surface area contributed by atoms with Crippen LogP contribution in [-0.2, 0) is 6.54 Å². The van der Waals surface area contributed by atoms with Gasteiger partial charge in [0.25, 0.3) is 0 Å². The summed E-state index contributed by atoms with van der Waals surface area (Å²) in [7, 11) is 1.47. The first-order chi connectivity index (χ1) is 10.7. The van der Waals surface area contributed by atoms with Gasteiger partial charge in [0.05, 0.1) is 7.11 Å². The Bertz CT molecular complexity index is 637. The van der Waals surface area contributed by atoms with Crippen molar-refractivity contribution in [2.45, 2.75) is 25.3 Å². The Kier molecular flexibility index (Phi) is 4.24. The van der Waals surface area contributed by atoms with E-state index >= 15 is 0 Å². The van der Waals surface area contributed by atoms with Crippen LogP contribution in [0.2, 0.25) is 0 Å². The van der Waals surface area contributed by atoms with Crippen molar-refractivity contribution in [3.05, 3.63) is 35.4 Å². The number of ether oxygens (including phenoxy) is 1. The average Bonchev–Trinajstić information content (AvgIpc) is 2.95. The molecule has 1 aromatic heterocycles. The first-order valence-corrected chi connectivity index (χ1v) is 7.38. The predicted octanol–water partition coefficient (Wildman–Crippen LogP) is 1.91. The van der Waals surface area contributed by atoms with Crippen LogP contribution in [0.25, 0.3) is 0 Å². The van der Waals surface area contributed by atoms with Gasteiger partial charge < -0.3 is 10.5 Å². The van der Waals surface area contributed by atoms with Crippen LogP contribution < -0.4 is 10.5 Å². The summed E-state index contributed by atoms with van der Waals surface area (Å²) in [5.74, 6) is 1.50. The lowest BCUT2D eigenvalue weighted by molar-refractivity contribution is 0.201. The number of nitrogens with one attached hydrogen (secondary N) is 1. The van der Waals surface area contributed by atoms with Crippen LogP contribution in [0.15, 0.2) is 18.2 Å². The molecule has 1 aromatic carbocycles. The second-order valence-electron chi connectivity index (χ2n) is 5.60. The lowest BCUT2D eigenvalue weighted by atomic mass is 9.96. The van der Waals surface area contributed by atoms with E-state index in [1.54, 1.807) is 12.1 Å². The van der Waals surface area contributed by atoms with Gasteiger partial charge in [0.15, 0.2) is 11.6 Å². The molecule has 0 unspecified atom stereocenters. The van der Waals surface area contributed by atoms with E-state index in [0.29, 0.717) is 11.9 Å². The Labute approximate surface area is 128 Å². The lowest BCUT2D eigenvalue weighted by Crippen LogP contribution is -2.32. The zero-order valence-electron chi connectivity index (χ0n) is 12.6. The fourth-order valence-electron chi connectivity index (χ4n) is 2.90. The molecule has 22 heavy (non-hydrogen) atoms. The number of H-pyrrole nitrogens is 1. The summed E-state index contributed by atoms with van der Waals surface area (Å²) < 4.78 is 18.7. The van der Waals surface area contributed by atoms with Gasteiger partial charge in [0.1, 0.15) is 5.82 Å². The molecule has 1 aliphatic rings. The van der Waals surface area contributed by atoms with Gasteiger partial charge in [0.2, 0.25) is 5.95 Å². The Morgan fingerprint density at radius 2 is 2.18 bits per heavy atom. The van der Waals surface area contributed by atoms with Crippen LogP contribution in [0.5, 0.6) is 5.75 Å². The first kappa shape index (κ1) is 14.8. The fraction of sp³-hybridized carbons (Fsp3) is 0.467. The summed E-state index contributed by atoms with van der Waals surface area (Å²) in [6, 6.07) is 5.13. The number of benzene rings is 1. The minimum atomic E-state index is -0.313. The third kappa shape index (κ3) is 3.19. The van der Waals surface area contributed by atoms with E-state index in [4.69, 9.17) is 10.5 Å². The van der Waals surface area contributed by atoms with Gasteiger partial charge in [-0.25, -0.2) is 4.39 Å². The maximum absolute atomic E-state index is 13.7. The highest BCUT2D eigenvalue weighted by molar-refractivity contribution is 5.29. The molecular weight excluding hydrogens is 285 g/mol. The van der Waals surface area contributed by atoms with E-state index in [-0.39, 0.29) is 11.6 Å². The van der Waals surface area contributed by atoms with Crippen molar-refractivity contribution >= 4 is 5.95 Å². The van der Waals surface area contributed by atoms with E-state index in [1.807, 2.05) is 6.07 Å². The van der Waals surface area contributed by atoms with Crippen LogP contribution in [-0.4, -0.2) is 40.3 Å². The standard InChI is InChI=1S/C15H20FN5O/c1-22-13-3-2-10(8-12(13)16)9-21-6-4-11(5-7-21)14-18-15(17)20-19-14/h2-3,8,11H,4-7,9H2,1H3,(H3,17,18,19,20). The quantitative estimate of drug-likeness (QED) is 0.902. The number of aromatic nitrogens is 3. The maximum Gasteiger partial charge on any atom is 0.239 e. The van der Waals surface area contributed by atoms with E-state index in [0.717, 1.165) is 43.9 Å². The Hall–Kier alpha value is -2.15. The Balaban J connectivity index is 1.56. The van der Waals surface area contributed by atoms with Crippen molar-refractivity contribution in [2.24, 2.45) is 0 Å². The fourth-order valence-corrected chi connectivity index (χ4v) is 2.90. The molecule has 1 aliphatic heterocycles. The smallest absolute Gasteiger partial charge is 0.239 e. The second-order valence-corrected chi connectivity index (χ2v) is 5.60. The van der Waals surface area contributed by atoms with Gasteiger partial charge in [-0.2, -0.15) is 4.98 Å². The monoisotopic (exact) mass is 305 g/mol. The molecule has 1 fully saturated rings. The largest absolute Gasteiger partial charge is 0.494 e. The van der Waals surface area contributed by atoms with Crippen molar-refractivity contribution in [3.8, 4) is 5.75 Å². The molecule has 0 atom stereocenters. The van der Waals surface area contributed by atoms with Crippen LogP contribution in [0.3, 0.4) is 0 Å². The molecular formula is C15H20FN5O. The van der Waals surface area contributed by atoms with E-state index in [1.165, 1.54) is 7.11 Å². The van der Waals surface area contributed by atoms with Crippen molar-refractivity contribution < 1.29 is 9.13 Å².